The van der Waals surface area contributed by atoms with E-state index < -0.39 is 0 Å². The summed E-state index contributed by atoms with van der Waals surface area (Å²) in [5.41, 5.74) is 3.00. The second-order valence-electron chi connectivity index (χ2n) is 2.17. The fourth-order valence-electron chi connectivity index (χ4n) is 0.819. The summed E-state index contributed by atoms with van der Waals surface area (Å²) in [5, 5.41) is 0. The Morgan fingerprint density at radius 2 is 1.92 bits per heavy atom. The molecule has 3 nitrogen and oxygen atoms in total. The minimum absolute atomic E-state index is 0. The van der Waals surface area contributed by atoms with Crippen LogP contribution >= 0.6 is 12.4 Å². The number of benzene rings is 1. The van der Waals surface area contributed by atoms with Gasteiger partial charge in [-0.2, -0.15) is 0 Å². The predicted molar refractivity (Wildman–Crippen MR) is 50.2 cm³/mol. The molecule has 66 valence electrons. The highest BCUT2D eigenvalue weighted by Crippen LogP contribution is 1.97. The Kier molecular flexibility index (Phi) is 5.28. The fourth-order valence-corrected chi connectivity index (χ4v) is 0.819. The van der Waals surface area contributed by atoms with E-state index in [9.17, 15) is 4.79 Å². The van der Waals surface area contributed by atoms with Gasteiger partial charge in [-0.05, 0) is 0 Å². The maximum atomic E-state index is 11.1. The van der Waals surface area contributed by atoms with Gasteiger partial charge < -0.3 is 0 Å². The first-order chi connectivity index (χ1) is 5.34. The molecule has 0 spiro atoms. The number of ketones is 1. The highest BCUT2D eigenvalue weighted by atomic mass is 35.5. The lowest BCUT2D eigenvalue weighted by atomic mass is 10.1. The zero-order valence-corrected chi connectivity index (χ0v) is 7.30. The number of hydrazine groups is 1. The molecule has 0 aliphatic carbocycles. The average molecular weight is 187 g/mol. The van der Waals surface area contributed by atoms with Crippen molar-refractivity contribution in [3.63, 3.8) is 0 Å². The Hall–Kier alpha value is -0.900. The maximum Gasteiger partial charge on any atom is 0.177 e. The summed E-state index contributed by atoms with van der Waals surface area (Å²) in [5.74, 6) is 5.00. The second kappa shape index (κ2) is 5.71. The summed E-state index contributed by atoms with van der Waals surface area (Å²) < 4.78 is 0. The first kappa shape index (κ1) is 11.1. The highest BCUT2D eigenvalue weighted by molar-refractivity contribution is 5.97. The number of Topliss-reactive ketones (excluding diaryl/α,β-unsaturated/α-hetero) is 1. The van der Waals surface area contributed by atoms with Gasteiger partial charge in [-0.3, -0.25) is 16.1 Å². The van der Waals surface area contributed by atoms with E-state index >= 15 is 0 Å². The molecule has 0 aromatic heterocycles. The van der Waals surface area contributed by atoms with Crippen LogP contribution in [0.4, 0.5) is 0 Å². The van der Waals surface area contributed by atoms with Crippen molar-refractivity contribution in [2.45, 2.75) is 0 Å². The summed E-state index contributed by atoms with van der Waals surface area (Å²) in [6, 6.07) is 9.04. The minimum atomic E-state index is 0. The summed E-state index contributed by atoms with van der Waals surface area (Å²) >= 11 is 0. The van der Waals surface area contributed by atoms with Crippen molar-refractivity contribution in [3.05, 3.63) is 35.9 Å². The van der Waals surface area contributed by atoms with E-state index in [0.29, 0.717) is 5.56 Å². The molecule has 0 unspecified atom stereocenters. The van der Waals surface area contributed by atoms with Crippen molar-refractivity contribution in [1.29, 1.82) is 0 Å². The fraction of sp³-hybridized carbons (Fsp3) is 0.125. The third-order valence-electron chi connectivity index (χ3n) is 1.36. The molecule has 12 heavy (non-hydrogen) atoms. The van der Waals surface area contributed by atoms with E-state index in [-0.39, 0.29) is 24.7 Å². The number of nitrogens with one attached hydrogen (secondary N) is 1. The van der Waals surface area contributed by atoms with Gasteiger partial charge >= 0.3 is 0 Å². The van der Waals surface area contributed by atoms with E-state index in [0.717, 1.165) is 0 Å². The molecule has 0 saturated heterocycles. The number of hydrogen-bond donors (Lipinski definition) is 2. The molecule has 0 fully saturated rings. The van der Waals surface area contributed by atoms with E-state index in [1.54, 1.807) is 12.1 Å². The van der Waals surface area contributed by atoms with Crippen LogP contribution in [-0.2, 0) is 0 Å². The normalized spacial score (nSPS) is 8.75. The van der Waals surface area contributed by atoms with Crippen molar-refractivity contribution in [2.75, 3.05) is 6.54 Å². The van der Waals surface area contributed by atoms with Gasteiger partial charge in [0.05, 0.1) is 6.54 Å². The number of rotatable bonds is 3. The van der Waals surface area contributed by atoms with Gasteiger partial charge in [-0.25, -0.2) is 0 Å². The SMILES string of the molecule is Cl.NNCC(=O)c1ccccc1. The van der Waals surface area contributed by atoms with Gasteiger partial charge in [-0.15, -0.1) is 12.4 Å². The van der Waals surface area contributed by atoms with Crippen molar-refractivity contribution in [1.82, 2.24) is 5.43 Å². The molecule has 0 aliphatic heterocycles. The van der Waals surface area contributed by atoms with Crippen LogP contribution in [0.2, 0.25) is 0 Å². The first-order valence-corrected chi connectivity index (χ1v) is 3.36. The third kappa shape index (κ3) is 3.00. The molecule has 3 N–H and O–H groups in total. The zero-order valence-electron chi connectivity index (χ0n) is 6.49. The quantitative estimate of drug-likeness (QED) is 0.416. The van der Waals surface area contributed by atoms with Crippen LogP contribution in [0.3, 0.4) is 0 Å². The number of hydrogen-bond acceptors (Lipinski definition) is 3. The molecule has 1 aromatic carbocycles. The van der Waals surface area contributed by atoms with Crippen molar-refractivity contribution in [2.24, 2.45) is 5.84 Å². The molecular formula is C8H11ClN2O. The van der Waals surface area contributed by atoms with Crippen LogP contribution in [0.25, 0.3) is 0 Å². The topological polar surface area (TPSA) is 55.1 Å². The largest absolute Gasteiger partial charge is 0.293 e. The molecule has 1 aromatic rings. The number of carbonyl (C=O) groups is 1. The minimum Gasteiger partial charge on any atom is -0.293 e. The van der Waals surface area contributed by atoms with Gasteiger partial charge in [-0.1, -0.05) is 30.3 Å². The molecule has 0 saturated carbocycles. The van der Waals surface area contributed by atoms with Crippen LogP contribution in [0.15, 0.2) is 30.3 Å². The molecule has 0 heterocycles. The van der Waals surface area contributed by atoms with Gasteiger partial charge in [0.25, 0.3) is 0 Å². The van der Waals surface area contributed by atoms with Crippen molar-refractivity contribution >= 4 is 18.2 Å². The molecule has 0 bridgehead atoms. The Labute approximate surface area is 77.3 Å². The highest BCUT2D eigenvalue weighted by Gasteiger charge is 2.01. The number of nitrogens with two attached hydrogens (primary N) is 1. The Balaban J connectivity index is 0.00000121. The van der Waals surface area contributed by atoms with Crippen LogP contribution in [0.1, 0.15) is 10.4 Å². The van der Waals surface area contributed by atoms with Crippen molar-refractivity contribution < 1.29 is 4.79 Å². The number of carbonyl (C=O) groups excluding carboxylic acids is 1. The summed E-state index contributed by atoms with van der Waals surface area (Å²) in [4.78, 5) is 11.1. The molecule has 0 radical (unpaired) electrons. The molecule has 0 aliphatic rings. The van der Waals surface area contributed by atoms with E-state index in [1.165, 1.54) is 0 Å². The Morgan fingerprint density at radius 1 is 1.33 bits per heavy atom. The van der Waals surface area contributed by atoms with E-state index in [4.69, 9.17) is 5.84 Å². The maximum absolute atomic E-state index is 11.1. The smallest absolute Gasteiger partial charge is 0.177 e. The van der Waals surface area contributed by atoms with Gasteiger partial charge in [0, 0.05) is 5.56 Å². The average Bonchev–Trinajstić information content (AvgIpc) is 2.07. The Bertz CT molecular complexity index is 238. The number of halogens is 1. The first-order valence-electron chi connectivity index (χ1n) is 3.36. The summed E-state index contributed by atoms with van der Waals surface area (Å²) in [6.07, 6.45) is 0. The molecular weight excluding hydrogens is 176 g/mol. The lowest BCUT2D eigenvalue weighted by molar-refractivity contribution is 0.0991. The monoisotopic (exact) mass is 186 g/mol. The lowest BCUT2D eigenvalue weighted by Crippen LogP contribution is -2.28. The standard InChI is InChI=1S/C8H10N2O.ClH/c9-10-6-8(11)7-4-2-1-3-5-7;/h1-5,10H,6,9H2;1H. The van der Waals surface area contributed by atoms with Gasteiger partial charge in [0.1, 0.15) is 0 Å². The molecule has 1 rings (SSSR count). The Morgan fingerprint density at radius 3 is 2.42 bits per heavy atom. The van der Waals surface area contributed by atoms with Crippen LogP contribution < -0.4 is 11.3 Å². The second-order valence-corrected chi connectivity index (χ2v) is 2.17. The summed E-state index contributed by atoms with van der Waals surface area (Å²) in [6.45, 7) is 0.185. The molecule has 4 heteroatoms. The summed E-state index contributed by atoms with van der Waals surface area (Å²) in [7, 11) is 0. The molecule has 0 amide bonds. The van der Waals surface area contributed by atoms with Gasteiger partial charge in [0.2, 0.25) is 0 Å². The van der Waals surface area contributed by atoms with Crippen LogP contribution in [-0.4, -0.2) is 12.3 Å². The van der Waals surface area contributed by atoms with E-state index in [1.807, 2.05) is 18.2 Å². The third-order valence-corrected chi connectivity index (χ3v) is 1.36. The van der Waals surface area contributed by atoms with E-state index in [2.05, 4.69) is 5.43 Å². The van der Waals surface area contributed by atoms with Crippen molar-refractivity contribution in [3.8, 4) is 0 Å². The van der Waals surface area contributed by atoms with Crippen LogP contribution in [0.5, 0.6) is 0 Å². The van der Waals surface area contributed by atoms with Crippen LogP contribution in [0, 0.1) is 0 Å². The zero-order chi connectivity index (χ0) is 8.10. The predicted octanol–water partition coefficient (Wildman–Crippen LogP) is 0.754. The van der Waals surface area contributed by atoms with Gasteiger partial charge in [0.15, 0.2) is 5.78 Å². The lowest BCUT2D eigenvalue weighted by Gasteiger charge is -1.97. The molecule has 0 atom stereocenters.